The molecule has 1 unspecified atom stereocenters. The SMILES string of the molecule is C=C1C=C([C@@H](NC(=O)OCC2CC2)c2cncn2C)c2cc(Cl)ccc2CC1N/C=C\C. The predicted molar refractivity (Wildman–Crippen MR) is 127 cm³/mol. The van der Waals surface area contributed by atoms with Gasteiger partial charge in [-0.05, 0) is 72.7 Å². The highest BCUT2D eigenvalue weighted by atomic mass is 35.5. The molecule has 1 heterocycles. The summed E-state index contributed by atoms with van der Waals surface area (Å²) in [6, 6.07) is 5.45. The summed E-state index contributed by atoms with van der Waals surface area (Å²) >= 11 is 6.40. The van der Waals surface area contributed by atoms with Crippen molar-refractivity contribution >= 4 is 23.3 Å². The van der Waals surface area contributed by atoms with Crippen molar-refractivity contribution in [1.82, 2.24) is 20.2 Å². The molecule has 32 heavy (non-hydrogen) atoms. The zero-order valence-electron chi connectivity index (χ0n) is 18.5. The number of nitrogens with one attached hydrogen (secondary N) is 2. The molecule has 0 aliphatic heterocycles. The molecule has 2 aliphatic rings. The first-order valence-electron chi connectivity index (χ1n) is 10.9. The summed E-state index contributed by atoms with van der Waals surface area (Å²) < 4.78 is 7.40. The van der Waals surface area contributed by atoms with E-state index >= 15 is 0 Å². The van der Waals surface area contributed by atoms with Crippen LogP contribution in [0.4, 0.5) is 4.79 Å². The number of ether oxygens (including phenoxy) is 1. The van der Waals surface area contributed by atoms with Crippen LogP contribution in [-0.2, 0) is 18.2 Å². The molecule has 0 spiro atoms. The van der Waals surface area contributed by atoms with E-state index in [1.54, 1.807) is 12.5 Å². The first kappa shape index (κ1) is 22.2. The second-order valence-corrected chi connectivity index (χ2v) is 8.88. The van der Waals surface area contributed by atoms with Crippen molar-refractivity contribution in [3.05, 3.63) is 83.1 Å². The van der Waals surface area contributed by atoms with Crippen LogP contribution >= 0.6 is 11.6 Å². The third-order valence-electron chi connectivity index (χ3n) is 5.93. The highest BCUT2D eigenvalue weighted by Gasteiger charge is 2.30. The van der Waals surface area contributed by atoms with E-state index in [9.17, 15) is 4.79 Å². The van der Waals surface area contributed by atoms with Gasteiger partial charge in [-0.15, -0.1) is 0 Å². The average Bonchev–Trinajstić information content (AvgIpc) is 3.53. The molecule has 0 saturated heterocycles. The minimum atomic E-state index is -0.469. The summed E-state index contributed by atoms with van der Waals surface area (Å²) in [5, 5.41) is 7.13. The summed E-state index contributed by atoms with van der Waals surface area (Å²) in [4.78, 5) is 17.0. The third kappa shape index (κ3) is 5.07. The summed E-state index contributed by atoms with van der Waals surface area (Å²) in [6.07, 6.45) is 12.0. The van der Waals surface area contributed by atoms with Gasteiger partial charge in [-0.1, -0.05) is 36.4 Å². The summed E-state index contributed by atoms with van der Waals surface area (Å²) in [7, 11) is 1.91. The highest BCUT2D eigenvalue weighted by Crippen LogP contribution is 2.38. The molecular formula is C25H29ClN4O2. The number of imidazole rings is 1. The molecule has 1 saturated carbocycles. The molecular weight excluding hydrogens is 424 g/mol. The van der Waals surface area contributed by atoms with Gasteiger partial charge in [-0.3, -0.25) is 0 Å². The van der Waals surface area contributed by atoms with Crippen LogP contribution in [0.2, 0.25) is 5.02 Å². The number of aryl methyl sites for hydroxylation is 1. The molecule has 2 aromatic rings. The number of fused-ring (bicyclic) bond motifs is 1. The van der Waals surface area contributed by atoms with Crippen LogP contribution in [0.1, 0.15) is 42.6 Å². The molecule has 1 aromatic heterocycles. The van der Waals surface area contributed by atoms with E-state index in [1.807, 2.05) is 55.1 Å². The van der Waals surface area contributed by atoms with Crippen LogP contribution in [0.25, 0.3) is 5.57 Å². The molecule has 2 N–H and O–H groups in total. The topological polar surface area (TPSA) is 68.2 Å². The van der Waals surface area contributed by atoms with Crippen LogP contribution in [0, 0.1) is 5.92 Å². The largest absolute Gasteiger partial charge is 0.449 e. The fourth-order valence-corrected chi connectivity index (χ4v) is 4.11. The van der Waals surface area contributed by atoms with Gasteiger partial charge in [-0.25, -0.2) is 9.78 Å². The van der Waals surface area contributed by atoms with E-state index < -0.39 is 12.1 Å². The zero-order valence-corrected chi connectivity index (χ0v) is 19.2. The van der Waals surface area contributed by atoms with Gasteiger partial charge in [0.15, 0.2) is 0 Å². The number of nitrogens with zero attached hydrogens (tertiary/aromatic N) is 2. The Morgan fingerprint density at radius 2 is 2.25 bits per heavy atom. The fourth-order valence-electron chi connectivity index (χ4n) is 3.94. The van der Waals surface area contributed by atoms with Gasteiger partial charge in [-0.2, -0.15) is 0 Å². The van der Waals surface area contributed by atoms with Crippen molar-refractivity contribution in [2.45, 2.75) is 38.3 Å². The van der Waals surface area contributed by atoms with Gasteiger partial charge in [0.2, 0.25) is 0 Å². The predicted octanol–water partition coefficient (Wildman–Crippen LogP) is 4.94. The smallest absolute Gasteiger partial charge is 0.407 e. The number of carbonyl (C=O) groups excluding carboxylic acids is 1. The lowest BCUT2D eigenvalue weighted by atomic mass is 9.92. The Bertz CT molecular complexity index is 1070. The van der Waals surface area contributed by atoms with E-state index in [0.717, 1.165) is 47.2 Å². The lowest BCUT2D eigenvalue weighted by Crippen LogP contribution is -2.31. The average molecular weight is 453 g/mol. The Hall–Kier alpha value is -2.99. The zero-order chi connectivity index (χ0) is 22.7. The van der Waals surface area contributed by atoms with Gasteiger partial charge < -0.3 is 19.9 Å². The van der Waals surface area contributed by atoms with Crippen molar-refractivity contribution in [2.75, 3.05) is 6.61 Å². The maximum Gasteiger partial charge on any atom is 0.407 e. The van der Waals surface area contributed by atoms with Crippen LogP contribution in [0.3, 0.4) is 0 Å². The standard InChI is InChI=1S/C25H29ClN4O2/c1-4-9-28-22-11-18-7-8-19(26)12-20(18)21(10-16(22)2)24(23-13-27-15-30(23)3)29-25(31)32-14-17-5-6-17/h4,7-10,12-13,15,17,22,24,28H,2,5-6,11,14H2,1,3H3,(H,29,31)/b9-4-/t22?,24-/m1/s1. The molecule has 1 fully saturated rings. The summed E-state index contributed by atoms with van der Waals surface area (Å²) in [5.41, 5.74) is 4.78. The molecule has 0 radical (unpaired) electrons. The van der Waals surface area contributed by atoms with Crippen molar-refractivity contribution in [1.29, 1.82) is 0 Å². The number of rotatable bonds is 7. The van der Waals surface area contributed by atoms with E-state index in [2.05, 4.69) is 22.2 Å². The van der Waals surface area contributed by atoms with Gasteiger partial charge in [0.1, 0.15) is 0 Å². The van der Waals surface area contributed by atoms with Crippen LogP contribution in [-0.4, -0.2) is 28.3 Å². The summed E-state index contributed by atoms with van der Waals surface area (Å²) in [6.45, 7) is 6.75. The number of allylic oxidation sites excluding steroid dienone is 1. The Morgan fingerprint density at radius 1 is 1.44 bits per heavy atom. The molecule has 2 aliphatic carbocycles. The Morgan fingerprint density at radius 3 is 2.94 bits per heavy atom. The number of amides is 1. The lowest BCUT2D eigenvalue weighted by molar-refractivity contribution is 0.139. The third-order valence-corrected chi connectivity index (χ3v) is 6.16. The molecule has 1 amide bonds. The highest BCUT2D eigenvalue weighted by molar-refractivity contribution is 6.30. The second-order valence-electron chi connectivity index (χ2n) is 8.45. The van der Waals surface area contributed by atoms with E-state index in [4.69, 9.17) is 16.3 Å². The van der Waals surface area contributed by atoms with Crippen LogP contribution < -0.4 is 10.6 Å². The number of hydrogen-bond acceptors (Lipinski definition) is 4. The normalized spacial score (nSPS) is 19.2. The quantitative estimate of drug-likeness (QED) is 0.624. The number of carbonyl (C=O) groups is 1. The maximum atomic E-state index is 12.7. The monoisotopic (exact) mass is 452 g/mol. The minimum Gasteiger partial charge on any atom is -0.449 e. The van der Waals surface area contributed by atoms with Gasteiger partial charge >= 0.3 is 6.09 Å². The van der Waals surface area contributed by atoms with Crippen molar-refractivity contribution in [3.8, 4) is 0 Å². The fraction of sp³-hybridized carbons (Fsp3) is 0.360. The van der Waals surface area contributed by atoms with Crippen molar-refractivity contribution in [3.63, 3.8) is 0 Å². The lowest BCUT2D eigenvalue weighted by Gasteiger charge is -2.23. The molecule has 7 heteroatoms. The minimum absolute atomic E-state index is 0.0256. The Kier molecular flexibility index (Phi) is 6.70. The number of hydrogen-bond donors (Lipinski definition) is 2. The van der Waals surface area contributed by atoms with Gasteiger partial charge in [0, 0.05) is 12.1 Å². The summed E-state index contributed by atoms with van der Waals surface area (Å²) in [5.74, 6) is 0.491. The van der Waals surface area contributed by atoms with Crippen molar-refractivity contribution in [2.24, 2.45) is 13.0 Å². The number of benzene rings is 1. The molecule has 6 nitrogen and oxygen atoms in total. The van der Waals surface area contributed by atoms with Gasteiger partial charge in [0.05, 0.1) is 36.9 Å². The van der Waals surface area contributed by atoms with Crippen LogP contribution in [0.5, 0.6) is 0 Å². The van der Waals surface area contributed by atoms with E-state index in [-0.39, 0.29) is 6.04 Å². The molecule has 0 bridgehead atoms. The maximum absolute atomic E-state index is 12.7. The molecule has 4 rings (SSSR count). The van der Waals surface area contributed by atoms with Gasteiger partial charge in [0.25, 0.3) is 0 Å². The molecule has 168 valence electrons. The molecule has 2 atom stereocenters. The van der Waals surface area contributed by atoms with E-state index in [1.165, 1.54) is 0 Å². The number of halogens is 1. The van der Waals surface area contributed by atoms with Crippen LogP contribution in [0.15, 0.2) is 61.2 Å². The number of aromatic nitrogens is 2. The van der Waals surface area contributed by atoms with E-state index in [0.29, 0.717) is 17.5 Å². The molecule has 1 aromatic carbocycles. The second kappa shape index (κ2) is 9.65. The Labute approximate surface area is 194 Å². The first-order chi connectivity index (χ1) is 15.5. The Balaban J connectivity index is 1.75. The number of alkyl carbamates (subject to hydrolysis) is 1. The van der Waals surface area contributed by atoms with Crippen molar-refractivity contribution < 1.29 is 9.53 Å². The first-order valence-corrected chi connectivity index (χ1v) is 11.3.